The van der Waals surface area contributed by atoms with Crippen LogP contribution in [0.15, 0.2) is 18.2 Å². The zero-order valence-corrected chi connectivity index (χ0v) is 13.0. The molecule has 1 heterocycles. The van der Waals surface area contributed by atoms with E-state index in [1.165, 1.54) is 6.07 Å². The lowest BCUT2D eigenvalue weighted by atomic mass is 9.83. The smallest absolute Gasteiger partial charge is 0.328 e. The summed E-state index contributed by atoms with van der Waals surface area (Å²) in [5, 5.41) is 3.55. The van der Waals surface area contributed by atoms with Crippen LogP contribution < -0.4 is 10.2 Å². The van der Waals surface area contributed by atoms with Gasteiger partial charge in [0.1, 0.15) is 0 Å². The third-order valence-corrected chi connectivity index (χ3v) is 4.07. The zero-order valence-electron chi connectivity index (χ0n) is 11.5. The lowest BCUT2D eigenvalue weighted by Gasteiger charge is -2.38. The molecule has 0 aliphatic carbocycles. The maximum atomic E-state index is 12.2. The monoisotopic (exact) mass is 314 g/mol. The van der Waals surface area contributed by atoms with Crippen LogP contribution in [0.4, 0.5) is 10.5 Å². The molecule has 0 aromatic heterocycles. The molecule has 108 valence electrons. The highest BCUT2D eigenvalue weighted by molar-refractivity contribution is 6.42. The number of urea groups is 1. The third-order valence-electron chi connectivity index (χ3n) is 3.34. The third kappa shape index (κ3) is 2.91. The lowest BCUT2D eigenvalue weighted by molar-refractivity contribution is -0.119. The molecule has 20 heavy (non-hydrogen) atoms. The highest BCUT2D eigenvalue weighted by atomic mass is 35.5. The number of hydrogen-bond donors (Lipinski definition) is 1. The van der Waals surface area contributed by atoms with E-state index in [-0.39, 0.29) is 23.8 Å². The topological polar surface area (TPSA) is 49.4 Å². The van der Waals surface area contributed by atoms with Crippen molar-refractivity contribution in [2.24, 2.45) is 5.41 Å². The van der Waals surface area contributed by atoms with Gasteiger partial charge in [0.25, 0.3) is 0 Å². The van der Waals surface area contributed by atoms with Gasteiger partial charge in [-0.2, -0.15) is 0 Å². The van der Waals surface area contributed by atoms with Gasteiger partial charge < -0.3 is 5.32 Å². The number of benzene rings is 1. The van der Waals surface area contributed by atoms with Crippen molar-refractivity contribution in [3.63, 3.8) is 0 Å². The minimum atomic E-state index is -0.431. The second-order valence-corrected chi connectivity index (χ2v) is 6.71. The maximum absolute atomic E-state index is 12.2. The Hall–Kier alpha value is -1.26. The highest BCUT2D eigenvalue weighted by Crippen LogP contribution is 2.31. The molecule has 1 saturated heterocycles. The van der Waals surface area contributed by atoms with Crippen LogP contribution in [0.5, 0.6) is 0 Å². The largest absolute Gasteiger partial charge is 0.334 e. The van der Waals surface area contributed by atoms with E-state index in [0.29, 0.717) is 15.7 Å². The molecule has 1 N–H and O–H groups in total. The summed E-state index contributed by atoms with van der Waals surface area (Å²) in [4.78, 5) is 25.5. The minimum Gasteiger partial charge on any atom is -0.334 e. The molecule has 1 atom stereocenters. The van der Waals surface area contributed by atoms with Gasteiger partial charge in [-0.3, -0.25) is 4.79 Å². The molecular weight excluding hydrogens is 299 g/mol. The van der Waals surface area contributed by atoms with Crippen LogP contribution in [0.2, 0.25) is 10.0 Å². The Morgan fingerprint density at radius 2 is 1.85 bits per heavy atom. The van der Waals surface area contributed by atoms with E-state index in [1.54, 1.807) is 12.1 Å². The Morgan fingerprint density at radius 1 is 1.20 bits per heavy atom. The fourth-order valence-corrected chi connectivity index (χ4v) is 2.34. The van der Waals surface area contributed by atoms with Crippen LogP contribution in [0, 0.1) is 5.41 Å². The van der Waals surface area contributed by atoms with Crippen molar-refractivity contribution >= 4 is 40.8 Å². The molecule has 1 unspecified atom stereocenters. The van der Waals surface area contributed by atoms with Crippen molar-refractivity contribution < 1.29 is 9.59 Å². The molecule has 1 aromatic rings. The first-order chi connectivity index (χ1) is 9.20. The molecule has 6 heteroatoms. The average molecular weight is 315 g/mol. The van der Waals surface area contributed by atoms with Crippen LogP contribution in [0.1, 0.15) is 27.2 Å². The number of amides is 3. The summed E-state index contributed by atoms with van der Waals surface area (Å²) in [6, 6.07) is 4.07. The van der Waals surface area contributed by atoms with Crippen molar-refractivity contribution in [3.05, 3.63) is 28.2 Å². The second kappa shape index (κ2) is 5.26. The van der Waals surface area contributed by atoms with Crippen LogP contribution in [-0.4, -0.2) is 18.0 Å². The van der Waals surface area contributed by atoms with Gasteiger partial charge in [-0.05, 0) is 23.6 Å². The van der Waals surface area contributed by atoms with Crippen molar-refractivity contribution in [1.29, 1.82) is 0 Å². The Kier molecular flexibility index (Phi) is 3.98. The van der Waals surface area contributed by atoms with E-state index >= 15 is 0 Å². The van der Waals surface area contributed by atoms with Gasteiger partial charge in [0.15, 0.2) is 0 Å². The van der Waals surface area contributed by atoms with Crippen molar-refractivity contribution in [2.45, 2.75) is 33.2 Å². The molecule has 3 amide bonds. The summed E-state index contributed by atoms with van der Waals surface area (Å²) in [5.41, 5.74) is 0.254. The van der Waals surface area contributed by atoms with Gasteiger partial charge in [-0.25, -0.2) is 9.69 Å². The highest BCUT2D eigenvalue weighted by Gasteiger charge is 2.38. The fourth-order valence-electron chi connectivity index (χ4n) is 2.05. The molecule has 1 aromatic carbocycles. The molecule has 2 rings (SSSR count). The summed E-state index contributed by atoms with van der Waals surface area (Å²) in [6.45, 7) is 5.96. The Balaban J connectivity index is 2.28. The maximum Gasteiger partial charge on any atom is 0.328 e. The number of anilines is 1. The molecule has 1 aliphatic rings. The van der Waals surface area contributed by atoms with E-state index in [9.17, 15) is 9.59 Å². The van der Waals surface area contributed by atoms with Gasteiger partial charge in [0, 0.05) is 12.5 Å². The number of nitrogens with zero attached hydrogens (tertiary/aromatic N) is 1. The molecule has 1 fully saturated rings. The molecule has 1 aliphatic heterocycles. The van der Waals surface area contributed by atoms with Crippen molar-refractivity contribution in [3.8, 4) is 0 Å². The van der Waals surface area contributed by atoms with E-state index in [4.69, 9.17) is 23.2 Å². The number of imide groups is 1. The second-order valence-electron chi connectivity index (χ2n) is 5.90. The Bertz CT molecular complexity index is 549. The molecule has 0 saturated carbocycles. The number of carbonyl (C=O) groups excluding carboxylic acids is 2. The lowest BCUT2D eigenvalue weighted by Crippen LogP contribution is -2.58. The predicted octanol–water partition coefficient (Wildman–Crippen LogP) is 3.85. The van der Waals surface area contributed by atoms with Gasteiger partial charge in [-0.1, -0.05) is 44.0 Å². The number of halogens is 2. The average Bonchev–Trinajstić information content (AvgIpc) is 2.31. The molecular formula is C14H16Cl2N2O2. The molecule has 0 radical (unpaired) electrons. The van der Waals surface area contributed by atoms with Gasteiger partial charge in [-0.15, -0.1) is 0 Å². The fraction of sp³-hybridized carbons (Fsp3) is 0.429. The standard InChI is InChI=1S/C14H16Cl2N2O2/c1-14(2,3)11-7-12(19)18(13(20)17-11)8-4-5-9(15)10(16)6-8/h4-6,11H,7H2,1-3H3,(H,17,20). The van der Waals surface area contributed by atoms with E-state index in [1.807, 2.05) is 20.8 Å². The predicted molar refractivity (Wildman–Crippen MR) is 80.3 cm³/mol. The van der Waals surface area contributed by atoms with Crippen molar-refractivity contribution in [1.82, 2.24) is 5.32 Å². The molecule has 0 spiro atoms. The number of rotatable bonds is 1. The van der Waals surface area contributed by atoms with E-state index in [2.05, 4.69) is 5.32 Å². The Labute approximate surface area is 128 Å². The zero-order chi connectivity index (χ0) is 15.1. The quantitative estimate of drug-likeness (QED) is 0.855. The SMILES string of the molecule is CC(C)(C)C1CC(=O)N(c2ccc(Cl)c(Cl)c2)C(=O)N1. The Morgan fingerprint density at radius 3 is 2.35 bits per heavy atom. The van der Waals surface area contributed by atoms with Gasteiger partial charge >= 0.3 is 6.03 Å². The summed E-state index contributed by atoms with van der Waals surface area (Å²) < 4.78 is 0. The summed E-state index contributed by atoms with van der Waals surface area (Å²) in [7, 11) is 0. The van der Waals surface area contributed by atoms with E-state index < -0.39 is 6.03 Å². The van der Waals surface area contributed by atoms with Crippen molar-refractivity contribution in [2.75, 3.05) is 4.90 Å². The van der Waals surface area contributed by atoms with Crippen LogP contribution in [0.25, 0.3) is 0 Å². The normalized spacial score (nSPS) is 20.1. The van der Waals surface area contributed by atoms with Gasteiger partial charge in [0.2, 0.25) is 5.91 Å². The number of carbonyl (C=O) groups is 2. The van der Waals surface area contributed by atoms with Crippen LogP contribution in [0.3, 0.4) is 0 Å². The van der Waals surface area contributed by atoms with Gasteiger partial charge in [0.05, 0.1) is 15.7 Å². The number of hydrogen-bond acceptors (Lipinski definition) is 2. The first-order valence-corrected chi connectivity index (χ1v) is 7.04. The number of nitrogens with one attached hydrogen (secondary N) is 1. The summed E-state index contributed by atoms with van der Waals surface area (Å²) >= 11 is 11.8. The first kappa shape index (κ1) is 15.1. The van der Waals surface area contributed by atoms with Crippen LogP contribution in [-0.2, 0) is 4.79 Å². The summed E-state index contributed by atoms with van der Waals surface area (Å²) in [6.07, 6.45) is 0.259. The minimum absolute atomic E-state index is 0.172. The first-order valence-electron chi connectivity index (χ1n) is 6.28. The summed E-state index contributed by atoms with van der Waals surface area (Å²) in [5.74, 6) is -0.243. The molecule has 0 bridgehead atoms. The van der Waals surface area contributed by atoms with E-state index in [0.717, 1.165) is 4.90 Å². The van der Waals surface area contributed by atoms with Crippen LogP contribution >= 0.6 is 23.2 Å². The molecule has 4 nitrogen and oxygen atoms in total.